The fraction of sp³-hybridized carbons (Fsp3) is 0.0714. The fourth-order valence-electron chi connectivity index (χ4n) is 3.75. The number of nitrogens with zero attached hydrogens (tertiary/aromatic N) is 2. The highest BCUT2D eigenvalue weighted by atomic mass is 35.5. The van der Waals surface area contributed by atoms with E-state index in [4.69, 9.17) is 11.6 Å². The van der Waals surface area contributed by atoms with E-state index >= 15 is 0 Å². The average Bonchev–Trinajstić information content (AvgIpc) is 2.84. The van der Waals surface area contributed by atoms with Gasteiger partial charge in [-0.2, -0.15) is 0 Å². The van der Waals surface area contributed by atoms with Gasteiger partial charge in [0.2, 0.25) is 0 Å². The summed E-state index contributed by atoms with van der Waals surface area (Å²) in [6.45, 7) is 3.91. The van der Waals surface area contributed by atoms with E-state index in [1.54, 1.807) is 30.3 Å². The van der Waals surface area contributed by atoms with Crippen LogP contribution in [-0.4, -0.2) is 22.5 Å². The topological polar surface area (TPSA) is 59.9 Å². The van der Waals surface area contributed by atoms with Crippen molar-refractivity contribution in [3.05, 3.63) is 106 Å². The van der Waals surface area contributed by atoms with E-state index < -0.39 is 0 Å². The highest BCUT2D eigenvalue weighted by Crippen LogP contribution is 2.28. The maximum Gasteiger partial charge on any atom is 0.153 e. The second kappa shape index (κ2) is 9.89. The summed E-state index contributed by atoms with van der Waals surface area (Å²) < 4.78 is 13.9. The number of fused-ring (bicyclic) bond motifs is 2. The predicted molar refractivity (Wildman–Crippen MR) is 134 cm³/mol. The van der Waals surface area contributed by atoms with Crippen molar-refractivity contribution >= 4 is 46.0 Å². The van der Waals surface area contributed by atoms with E-state index in [1.165, 1.54) is 6.07 Å². The van der Waals surface area contributed by atoms with Gasteiger partial charge in [0.25, 0.3) is 0 Å². The van der Waals surface area contributed by atoms with Gasteiger partial charge < -0.3 is 0 Å². The highest BCUT2D eigenvalue weighted by Gasteiger charge is 2.13. The highest BCUT2D eigenvalue weighted by molar-refractivity contribution is 6.32. The molecule has 2 heterocycles. The number of pyridine rings is 2. The van der Waals surface area contributed by atoms with Crippen LogP contribution >= 0.6 is 11.6 Å². The quantitative estimate of drug-likeness (QED) is 0.207. The lowest BCUT2D eigenvalue weighted by molar-refractivity contribution is 0.111. The fourth-order valence-corrected chi connectivity index (χ4v) is 3.93. The molecule has 4 nitrogen and oxygen atoms in total. The molecular weight excluding hydrogens is 451 g/mol. The number of carbonyl (C=O) groups is 2. The van der Waals surface area contributed by atoms with Crippen molar-refractivity contribution in [3.8, 4) is 11.3 Å². The minimum atomic E-state index is -0.379. The molecule has 34 heavy (non-hydrogen) atoms. The van der Waals surface area contributed by atoms with Crippen LogP contribution in [0.4, 0.5) is 4.39 Å². The second-order valence-electron chi connectivity index (χ2n) is 7.80. The van der Waals surface area contributed by atoms with Crippen molar-refractivity contribution in [2.75, 3.05) is 0 Å². The molecule has 0 aliphatic carbocycles. The molecule has 3 aromatic carbocycles. The van der Waals surface area contributed by atoms with E-state index in [2.05, 4.69) is 9.97 Å². The normalized spacial score (nSPS) is 10.6. The number of benzene rings is 3. The molecular formula is C28H20ClFN2O2. The summed E-state index contributed by atoms with van der Waals surface area (Å²) >= 11 is 5.83. The number of para-hydroxylation sites is 2. The number of aromatic nitrogens is 2. The summed E-state index contributed by atoms with van der Waals surface area (Å²) in [6, 6.07) is 21.4. The Labute approximate surface area is 201 Å². The van der Waals surface area contributed by atoms with Crippen molar-refractivity contribution < 1.29 is 14.0 Å². The Morgan fingerprint density at radius 1 is 0.735 bits per heavy atom. The zero-order chi connectivity index (χ0) is 24.2. The van der Waals surface area contributed by atoms with Gasteiger partial charge in [-0.05, 0) is 49.2 Å². The maximum atomic E-state index is 13.9. The number of aldehydes is 2. The molecule has 5 rings (SSSR count). The SMILES string of the molecule is Cc1cccc2cc(C=O)c(-c3ccccc3F)nc12.Cc1cccc2cc(C=O)c(Cl)nc12. The van der Waals surface area contributed by atoms with Crippen LogP contribution in [0.25, 0.3) is 33.1 Å². The molecule has 0 bridgehead atoms. The Morgan fingerprint density at radius 2 is 1.29 bits per heavy atom. The third-order valence-corrected chi connectivity index (χ3v) is 5.79. The predicted octanol–water partition coefficient (Wildman–Crippen LogP) is 7.17. The minimum Gasteiger partial charge on any atom is -0.298 e. The first-order valence-corrected chi connectivity index (χ1v) is 10.9. The molecule has 5 aromatic rings. The largest absolute Gasteiger partial charge is 0.298 e. The Kier molecular flexibility index (Phi) is 6.75. The zero-order valence-electron chi connectivity index (χ0n) is 18.5. The van der Waals surface area contributed by atoms with Crippen molar-refractivity contribution in [1.82, 2.24) is 9.97 Å². The van der Waals surface area contributed by atoms with Crippen LogP contribution in [0.1, 0.15) is 31.8 Å². The molecule has 0 unspecified atom stereocenters. The summed E-state index contributed by atoms with van der Waals surface area (Å²) in [6.07, 6.45) is 1.44. The molecule has 168 valence electrons. The molecule has 0 amide bonds. The standard InChI is InChI=1S/C17H12FNO.C11H8ClNO/c1-11-5-4-6-12-9-13(10-20)17(19-16(11)12)14-7-2-3-8-15(14)18;1-7-3-2-4-8-5-9(6-14)11(12)13-10(7)8/h2-10H,1H3;2-6H,1H3. The Hall–Kier alpha value is -3.96. The van der Waals surface area contributed by atoms with Gasteiger partial charge in [0, 0.05) is 21.9 Å². The summed E-state index contributed by atoms with van der Waals surface area (Å²) in [4.78, 5) is 30.6. The first-order chi connectivity index (χ1) is 16.4. The lowest BCUT2D eigenvalue weighted by atomic mass is 10.0. The number of carbonyl (C=O) groups excluding carboxylic acids is 2. The molecule has 0 aliphatic heterocycles. The Bertz CT molecular complexity index is 1550. The lowest BCUT2D eigenvalue weighted by Crippen LogP contribution is -1.96. The number of halogens is 2. The summed E-state index contributed by atoms with van der Waals surface area (Å²) in [5.41, 5.74) is 5.26. The summed E-state index contributed by atoms with van der Waals surface area (Å²) in [5.74, 6) is -0.379. The third-order valence-electron chi connectivity index (χ3n) is 5.49. The van der Waals surface area contributed by atoms with Crippen LogP contribution in [0, 0.1) is 19.7 Å². The zero-order valence-corrected chi connectivity index (χ0v) is 19.3. The van der Waals surface area contributed by atoms with Crippen molar-refractivity contribution in [1.29, 1.82) is 0 Å². The van der Waals surface area contributed by atoms with Crippen molar-refractivity contribution in [3.63, 3.8) is 0 Å². The molecule has 0 aliphatic rings. The van der Waals surface area contributed by atoms with Crippen molar-refractivity contribution in [2.45, 2.75) is 13.8 Å². The third kappa shape index (κ3) is 4.56. The number of hydrogen-bond donors (Lipinski definition) is 0. The molecule has 2 aromatic heterocycles. The Balaban J connectivity index is 0.000000172. The summed E-state index contributed by atoms with van der Waals surface area (Å²) in [5, 5.41) is 2.09. The lowest BCUT2D eigenvalue weighted by Gasteiger charge is -2.09. The van der Waals surface area contributed by atoms with Gasteiger partial charge in [0.15, 0.2) is 12.6 Å². The van der Waals surface area contributed by atoms with Crippen molar-refractivity contribution in [2.24, 2.45) is 0 Å². The van der Waals surface area contributed by atoms with Crippen LogP contribution in [-0.2, 0) is 0 Å². The van der Waals surface area contributed by atoms with Crippen LogP contribution in [0.3, 0.4) is 0 Å². The van der Waals surface area contributed by atoms with Gasteiger partial charge in [-0.1, -0.05) is 60.1 Å². The van der Waals surface area contributed by atoms with Crippen LogP contribution in [0.5, 0.6) is 0 Å². The number of hydrogen-bond acceptors (Lipinski definition) is 4. The molecule has 0 N–H and O–H groups in total. The van der Waals surface area contributed by atoms with E-state index in [1.807, 2.05) is 50.2 Å². The van der Waals surface area contributed by atoms with Gasteiger partial charge in [0.05, 0.1) is 22.3 Å². The Morgan fingerprint density at radius 3 is 1.88 bits per heavy atom. The average molecular weight is 471 g/mol. The van der Waals surface area contributed by atoms with Gasteiger partial charge in [0.1, 0.15) is 11.0 Å². The van der Waals surface area contributed by atoms with Gasteiger partial charge in [-0.15, -0.1) is 0 Å². The van der Waals surface area contributed by atoms with Crippen LogP contribution in [0.2, 0.25) is 5.15 Å². The molecule has 0 saturated carbocycles. The minimum absolute atomic E-state index is 0.266. The molecule has 0 fully saturated rings. The van der Waals surface area contributed by atoms with E-state index in [-0.39, 0.29) is 11.0 Å². The van der Waals surface area contributed by atoms with E-state index in [0.717, 1.165) is 45.5 Å². The molecule has 0 saturated heterocycles. The first-order valence-electron chi connectivity index (χ1n) is 10.5. The molecule has 0 spiro atoms. The van der Waals surface area contributed by atoms with E-state index in [9.17, 15) is 14.0 Å². The number of rotatable bonds is 3. The van der Waals surface area contributed by atoms with Gasteiger partial charge in [-0.25, -0.2) is 14.4 Å². The monoisotopic (exact) mass is 470 g/mol. The molecule has 6 heteroatoms. The van der Waals surface area contributed by atoms with Gasteiger partial charge in [-0.3, -0.25) is 9.59 Å². The second-order valence-corrected chi connectivity index (χ2v) is 8.16. The van der Waals surface area contributed by atoms with Crippen LogP contribution in [0.15, 0.2) is 72.8 Å². The maximum absolute atomic E-state index is 13.9. The number of aryl methyl sites for hydroxylation is 2. The first kappa shape index (κ1) is 23.2. The van der Waals surface area contributed by atoms with Gasteiger partial charge >= 0.3 is 0 Å². The smallest absolute Gasteiger partial charge is 0.153 e. The summed E-state index contributed by atoms with van der Waals surface area (Å²) in [7, 11) is 0. The van der Waals surface area contributed by atoms with E-state index in [0.29, 0.717) is 22.4 Å². The van der Waals surface area contributed by atoms with Crippen LogP contribution < -0.4 is 0 Å². The molecule has 0 radical (unpaired) electrons. The molecule has 0 atom stereocenters.